The van der Waals surface area contributed by atoms with Crippen LogP contribution in [0.4, 0.5) is 11.6 Å². The molecular formula is C21H24N4O2. The Bertz CT molecular complexity index is 956. The number of benzene rings is 1. The molecule has 0 unspecified atom stereocenters. The van der Waals surface area contributed by atoms with Crippen molar-refractivity contribution in [3.8, 4) is 11.3 Å². The van der Waals surface area contributed by atoms with E-state index in [4.69, 9.17) is 4.74 Å². The Morgan fingerprint density at radius 2 is 1.81 bits per heavy atom. The summed E-state index contributed by atoms with van der Waals surface area (Å²) in [6.07, 6.45) is 1.70. The normalized spacial score (nSPS) is 11.3. The molecule has 0 radical (unpaired) electrons. The lowest BCUT2D eigenvalue weighted by atomic mass is 10.1. The average Bonchev–Trinajstić information content (AvgIpc) is 2.89. The fourth-order valence-electron chi connectivity index (χ4n) is 2.88. The molecule has 0 aliphatic carbocycles. The van der Waals surface area contributed by atoms with Gasteiger partial charge >= 0.3 is 5.97 Å². The largest absolute Gasteiger partial charge is 0.455 e. The number of aromatic nitrogens is 3. The second-order valence-corrected chi connectivity index (χ2v) is 7.38. The highest BCUT2D eigenvalue weighted by molar-refractivity contribution is 5.92. The molecule has 3 rings (SSSR count). The van der Waals surface area contributed by atoms with E-state index in [9.17, 15) is 4.79 Å². The van der Waals surface area contributed by atoms with E-state index in [2.05, 4.69) is 20.3 Å². The number of H-pyrrole nitrogens is 1. The van der Waals surface area contributed by atoms with E-state index in [1.165, 1.54) is 0 Å². The molecule has 0 spiro atoms. The van der Waals surface area contributed by atoms with Gasteiger partial charge in [0.05, 0.1) is 5.69 Å². The van der Waals surface area contributed by atoms with Crippen molar-refractivity contribution in [2.75, 3.05) is 5.32 Å². The molecule has 0 amide bonds. The quantitative estimate of drug-likeness (QED) is 0.651. The fraction of sp³-hybridized carbons (Fsp3) is 0.286. The van der Waals surface area contributed by atoms with Gasteiger partial charge in [-0.25, -0.2) is 14.8 Å². The third kappa shape index (κ3) is 4.34. The van der Waals surface area contributed by atoms with E-state index in [-0.39, 0.29) is 5.97 Å². The molecule has 27 heavy (non-hydrogen) atoms. The van der Waals surface area contributed by atoms with E-state index >= 15 is 0 Å². The van der Waals surface area contributed by atoms with Crippen molar-refractivity contribution < 1.29 is 9.53 Å². The van der Waals surface area contributed by atoms with Crippen molar-refractivity contribution in [2.45, 2.75) is 40.2 Å². The van der Waals surface area contributed by atoms with Gasteiger partial charge < -0.3 is 15.0 Å². The van der Waals surface area contributed by atoms with Gasteiger partial charge in [0.25, 0.3) is 0 Å². The summed E-state index contributed by atoms with van der Waals surface area (Å²) in [4.78, 5) is 24.5. The Hall–Kier alpha value is -3.15. The SMILES string of the molecule is Cc1[nH]c(C(=O)OC(C)(C)C)c(C)c1-c1ccnc(Nc2ccccc2)n1. The minimum Gasteiger partial charge on any atom is -0.455 e. The second-order valence-electron chi connectivity index (χ2n) is 7.38. The number of carbonyl (C=O) groups is 1. The number of rotatable bonds is 4. The summed E-state index contributed by atoms with van der Waals surface area (Å²) in [7, 11) is 0. The summed E-state index contributed by atoms with van der Waals surface area (Å²) >= 11 is 0. The fourth-order valence-corrected chi connectivity index (χ4v) is 2.88. The maximum Gasteiger partial charge on any atom is 0.355 e. The van der Waals surface area contributed by atoms with Crippen LogP contribution in [0.25, 0.3) is 11.3 Å². The van der Waals surface area contributed by atoms with Crippen molar-refractivity contribution in [1.29, 1.82) is 0 Å². The van der Waals surface area contributed by atoms with Crippen molar-refractivity contribution in [3.63, 3.8) is 0 Å². The molecule has 0 aliphatic rings. The number of hydrogen-bond acceptors (Lipinski definition) is 5. The predicted molar refractivity (Wildman–Crippen MR) is 106 cm³/mol. The molecule has 0 aliphatic heterocycles. The molecule has 0 atom stereocenters. The van der Waals surface area contributed by atoms with Crippen LogP contribution in [0.3, 0.4) is 0 Å². The summed E-state index contributed by atoms with van der Waals surface area (Å²) in [6.45, 7) is 9.36. The number of anilines is 2. The van der Waals surface area contributed by atoms with Crippen LogP contribution in [-0.2, 0) is 4.74 Å². The van der Waals surface area contributed by atoms with Gasteiger partial charge in [-0.2, -0.15) is 0 Å². The van der Waals surface area contributed by atoms with Gasteiger partial charge in [-0.05, 0) is 58.4 Å². The Morgan fingerprint density at radius 1 is 1.11 bits per heavy atom. The number of para-hydroxylation sites is 1. The second kappa shape index (κ2) is 7.23. The first kappa shape index (κ1) is 18.6. The summed E-state index contributed by atoms with van der Waals surface area (Å²) in [6, 6.07) is 11.6. The van der Waals surface area contributed by atoms with Crippen LogP contribution < -0.4 is 5.32 Å². The van der Waals surface area contributed by atoms with Gasteiger partial charge in [0.2, 0.25) is 5.95 Å². The van der Waals surface area contributed by atoms with Gasteiger partial charge in [0.15, 0.2) is 0 Å². The number of hydrogen-bond donors (Lipinski definition) is 2. The Balaban J connectivity index is 1.93. The number of aromatic amines is 1. The molecule has 2 heterocycles. The van der Waals surface area contributed by atoms with Crippen LogP contribution in [-0.4, -0.2) is 26.5 Å². The molecule has 6 heteroatoms. The zero-order valence-electron chi connectivity index (χ0n) is 16.3. The number of esters is 1. The maximum absolute atomic E-state index is 12.5. The minimum atomic E-state index is -0.551. The monoisotopic (exact) mass is 364 g/mol. The Labute approximate surface area is 159 Å². The molecule has 3 aromatic rings. The standard InChI is InChI=1S/C21H24N4O2/c1-13-17(14(2)23-18(13)19(26)27-21(3,4)5)16-11-12-22-20(25-16)24-15-9-7-6-8-10-15/h6-12,23H,1-5H3,(H,22,24,25). The number of nitrogens with one attached hydrogen (secondary N) is 2. The van der Waals surface area contributed by atoms with Gasteiger partial charge in [0, 0.05) is 23.1 Å². The highest BCUT2D eigenvalue weighted by atomic mass is 16.6. The van der Waals surface area contributed by atoms with Crippen LogP contribution in [0.1, 0.15) is 42.5 Å². The molecule has 2 aromatic heterocycles. The third-order valence-corrected chi connectivity index (χ3v) is 3.98. The molecule has 0 saturated carbocycles. The van der Waals surface area contributed by atoms with Gasteiger partial charge in [-0.1, -0.05) is 18.2 Å². The molecular weight excluding hydrogens is 340 g/mol. The average molecular weight is 364 g/mol. The summed E-state index contributed by atoms with van der Waals surface area (Å²) < 4.78 is 5.50. The summed E-state index contributed by atoms with van der Waals surface area (Å²) in [5.74, 6) is 0.128. The van der Waals surface area contributed by atoms with E-state index in [1.807, 2.05) is 71.0 Å². The van der Waals surface area contributed by atoms with Crippen LogP contribution >= 0.6 is 0 Å². The van der Waals surface area contributed by atoms with Crippen LogP contribution in [0.5, 0.6) is 0 Å². The zero-order chi connectivity index (χ0) is 19.6. The van der Waals surface area contributed by atoms with Gasteiger partial charge in [0.1, 0.15) is 11.3 Å². The lowest BCUT2D eigenvalue weighted by molar-refractivity contribution is 0.00627. The minimum absolute atomic E-state index is 0.369. The molecule has 6 nitrogen and oxygen atoms in total. The van der Waals surface area contributed by atoms with Crippen molar-refractivity contribution in [1.82, 2.24) is 15.0 Å². The van der Waals surface area contributed by atoms with Crippen LogP contribution in [0.15, 0.2) is 42.6 Å². The number of ether oxygens (including phenoxy) is 1. The third-order valence-electron chi connectivity index (χ3n) is 3.98. The lowest BCUT2D eigenvalue weighted by Gasteiger charge is -2.19. The summed E-state index contributed by atoms with van der Waals surface area (Å²) in [5.41, 5.74) is 4.10. The highest BCUT2D eigenvalue weighted by Gasteiger charge is 2.24. The molecule has 1 aromatic carbocycles. The number of aryl methyl sites for hydroxylation is 1. The molecule has 0 bridgehead atoms. The summed E-state index contributed by atoms with van der Waals surface area (Å²) in [5, 5.41) is 3.19. The number of nitrogens with zero attached hydrogens (tertiary/aromatic N) is 2. The van der Waals surface area contributed by atoms with E-state index in [0.29, 0.717) is 11.6 Å². The topological polar surface area (TPSA) is 79.9 Å². The Morgan fingerprint density at radius 3 is 2.48 bits per heavy atom. The van der Waals surface area contributed by atoms with Crippen LogP contribution in [0, 0.1) is 13.8 Å². The van der Waals surface area contributed by atoms with Gasteiger partial charge in [-0.15, -0.1) is 0 Å². The molecule has 0 saturated heterocycles. The molecule has 0 fully saturated rings. The zero-order valence-corrected chi connectivity index (χ0v) is 16.3. The van der Waals surface area contributed by atoms with Crippen molar-refractivity contribution in [3.05, 3.63) is 59.5 Å². The molecule has 2 N–H and O–H groups in total. The first-order chi connectivity index (χ1) is 12.7. The maximum atomic E-state index is 12.5. The van der Waals surface area contributed by atoms with Gasteiger partial charge in [-0.3, -0.25) is 0 Å². The van der Waals surface area contributed by atoms with Crippen molar-refractivity contribution >= 4 is 17.6 Å². The van der Waals surface area contributed by atoms with Crippen molar-refractivity contribution in [2.24, 2.45) is 0 Å². The first-order valence-electron chi connectivity index (χ1n) is 8.82. The van der Waals surface area contributed by atoms with E-state index in [0.717, 1.165) is 28.2 Å². The Kier molecular flexibility index (Phi) is 4.99. The van der Waals surface area contributed by atoms with E-state index in [1.54, 1.807) is 6.20 Å². The first-order valence-corrected chi connectivity index (χ1v) is 8.82. The smallest absolute Gasteiger partial charge is 0.355 e. The number of carbonyl (C=O) groups excluding carboxylic acids is 1. The predicted octanol–water partition coefficient (Wildman–Crippen LogP) is 4.79. The highest BCUT2D eigenvalue weighted by Crippen LogP contribution is 2.30. The molecule has 140 valence electrons. The lowest BCUT2D eigenvalue weighted by Crippen LogP contribution is -2.24. The van der Waals surface area contributed by atoms with Crippen LogP contribution in [0.2, 0.25) is 0 Å². The van der Waals surface area contributed by atoms with E-state index < -0.39 is 5.60 Å².